The molecule has 0 fully saturated rings. The summed E-state index contributed by atoms with van der Waals surface area (Å²) in [6.45, 7) is 2.26. The third kappa shape index (κ3) is 3.70. The summed E-state index contributed by atoms with van der Waals surface area (Å²) in [6.07, 6.45) is 1.76. The Bertz CT molecular complexity index is 756. The predicted molar refractivity (Wildman–Crippen MR) is 84.0 cm³/mol. The Kier molecular flexibility index (Phi) is 4.82. The second-order valence-electron chi connectivity index (χ2n) is 4.73. The number of nitrogens with one attached hydrogen (secondary N) is 1. The summed E-state index contributed by atoms with van der Waals surface area (Å²) in [5.41, 5.74) is 7.86. The van der Waals surface area contributed by atoms with Gasteiger partial charge in [0.05, 0.1) is 17.1 Å². The third-order valence-corrected chi connectivity index (χ3v) is 5.76. The lowest BCUT2D eigenvalue weighted by molar-refractivity contribution is 0.578. The van der Waals surface area contributed by atoms with E-state index >= 15 is 0 Å². The van der Waals surface area contributed by atoms with Gasteiger partial charge in [0, 0.05) is 24.3 Å². The largest absolute Gasteiger partial charge is 0.326 e. The standard InChI is InChI=1S/C13H17BrN4O2S/c1-9-5-10(7-15)6-12(13(9)14)21(19,20)16-8-11-3-4-18(2)17-11/h3-6,16H,7-8,15H2,1-2H3. The molecule has 0 saturated carbocycles. The Labute approximate surface area is 132 Å². The number of hydrogen-bond donors (Lipinski definition) is 2. The van der Waals surface area contributed by atoms with Crippen LogP contribution in [0.25, 0.3) is 0 Å². The van der Waals surface area contributed by atoms with Gasteiger partial charge in [0.25, 0.3) is 0 Å². The smallest absolute Gasteiger partial charge is 0.242 e. The van der Waals surface area contributed by atoms with E-state index in [-0.39, 0.29) is 18.0 Å². The fourth-order valence-electron chi connectivity index (χ4n) is 1.93. The molecule has 0 aliphatic rings. The molecule has 3 N–H and O–H groups in total. The van der Waals surface area contributed by atoms with Crippen molar-refractivity contribution in [3.63, 3.8) is 0 Å². The zero-order chi connectivity index (χ0) is 15.6. The molecule has 8 heteroatoms. The molecule has 0 saturated heterocycles. The van der Waals surface area contributed by atoms with E-state index in [1.54, 1.807) is 30.1 Å². The summed E-state index contributed by atoms with van der Waals surface area (Å²) in [4.78, 5) is 0.193. The highest BCUT2D eigenvalue weighted by atomic mass is 79.9. The van der Waals surface area contributed by atoms with E-state index < -0.39 is 10.0 Å². The maximum Gasteiger partial charge on any atom is 0.242 e. The number of benzene rings is 1. The van der Waals surface area contributed by atoms with E-state index in [1.807, 2.05) is 13.0 Å². The summed E-state index contributed by atoms with van der Waals surface area (Å²) in [7, 11) is -1.86. The molecule has 0 amide bonds. The van der Waals surface area contributed by atoms with Crippen molar-refractivity contribution in [3.8, 4) is 0 Å². The summed E-state index contributed by atoms with van der Waals surface area (Å²) in [5.74, 6) is 0. The van der Waals surface area contributed by atoms with Crippen molar-refractivity contribution < 1.29 is 8.42 Å². The number of halogens is 1. The van der Waals surface area contributed by atoms with Gasteiger partial charge in [-0.2, -0.15) is 5.10 Å². The Hall–Kier alpha value is -1.22. The average molecular weight is 373 g/mol. The zero-order valence-electron chi connectivity index (χ0n) is 11.8. The quantitative estimate of drug-likeness (QED) is 0.830. The minimum absolute atomic E-state index is 0.140. The number of nitrogens with zero attached hydrogens (tertiary/aromatic N) is 2. The Morgan fingerprint density at radius 1 is 1.43 bits per heavy atom. The van der Waals surface area contributed by atoms with Crippen LogP contribution in [-0.4, -0.2) is 18.2 Å². The SMILES string of the molecule is Cc1cc(CN)cc(S(=O)(=O)NCc2ccn(C)n2)c1Br. The Morgan fingerprint density at radius 2 is 2.14 bits per heavy atom. The number of rotatable bonds is 5. The Balaban J connectivity index is 2.29. The summed E-state index contributed by atoms with van der Waals surface area (Å²) in [5, 5.41) is 4.14. The zero-order valence-corrected chi connectivity index (χ0v) is 14.2. The van der Waals surface area contributed by atoms with Gasteiger partial charge < -0.3 is 5.73 Å². The molecule has 2 aromatic rings. The fraction of sp³-hybridized carbons (Fsp3) is 0.308. The van der Waals surface area contributed by atoms with Crippen LogP contribution in [0.4, 0.5) is 0 Å². The second kappa shape index (κ2) is 6.27. The van der Waals surface area contributed by atoms with Crippen LogP contribution < -0.4 is 10.5 Å². The van der Waals surface area contributed by atoms with Gasteiger partial charge in [0.2, 0.25) is 10.0 Å². The molecule has 0 aliphatic carbocycles. The van der Waals surface area contributed by atoms with Gasteiger partial charge in [-0.15, -0.1) is 0 Å². The van der Waals surface area contributed by atoms with Gasteiger partial charge in [-0.05, 0) is 46.1 Å². The maximum absolute atomic E-state index is 12.4. The van der Waals surface area contributed by atoms with Crippen LogP contribution in [0.5, 0.6) is 0 Å². The van der Waals surface area contributed by atoms with Crippen LogP contribution in [0.15, 0.2) is 33.8 Å². The minimum atomic E-state index is -3.64. The van der Waals surface area contributed by atoms with Crippen molar-refractivity contribution >= 4 is 26.0 Å². The lowest BCUT2D eigenvalue weighted by Gasteiger charge is -2.11. The first-order valence-electron chi connectivity index (χ1n) is 6.31. The lowest BCUT2D eigenvalue weighted by atomic mass is 10.1. The van der Waals surface area contributed by atoms with Crippen molar-refractivity contribution in [2.45, 2.75) is 24.9 Å². The van der Waals surface area contributed by atoms with E-state index in [4.69, 9.17) is 5.73 Å². The molecule has 1 heterocycles. The fourth-order valence-corrected chi connectivity index (χ4v) is 3.99. The third-order valence-electron chi connectivity index (χ3n) is 3.02. The molecule has 0 unspecified atom stereocenters. The second-order valence-corrected chi connectivity index (χ2v) is 7.26. The van der Waals surface area contributed by atoms with E-state index in [0.717, 1.165) is 11.1 Å². The normalized spacial score (nSPS) is 11.8. The molecule has 114 valence electrons. The van der Waals surface area contributed by atoms with Crippen molar-refractivity contribution in [2.75, 3.05) is 0 Å². The van der Waals surface area contributed by atoms with Crippen molar-refractivity contribution in [1.82, 2.24) is 14.5 Å². The van der Waals surface area contributed by atoms with E-state index in [1.165, 1.54) is 0 Å². The van der Waals surface area contributed by atoms with Crippen LogP contribution in [0.1, 0.15) is 16.8 Å². The van der Waals surface area contributed by atoms with Gasteiger partial charge in [-0.3, -0.25) is 4.68 Å². The molecule has 0 bridgehead atoms. The van der Waals surface area contributed by atoms with Crippen LogP contribution >= 0.6 is 15.9 Å². The first-order valence-corrected chi connectivity index (χ1v) is 8.58. The van der Waals surface area contributed by atoms with Gasteiger partial charge in [0.15, 0.2) is 0 Å². The van der Waals surface area contributed by atoms with Gasteiger partial charge in [0.1, 0.15) is 0 Å². The highest BCUT2D eigenvalue weighted by Gasteiger charge is 2.20. The number of aromatic nitrogens is 2. The van der Waals surface area contributed by atoms with Crippen LogP contribution in [0.2, 0.25) is 0 Å². The Morgan fingerprint density at radius 3 is 2.71 bits per heavy atom. The van der Waals surface area contributed by atoms with Crippen molar-refractivity contribution in [1.29, 1.82) is 0 Å². The monoisotopic (exact) mass is 372 g/mol. The molecule has 0 radical (unpaired) electrons. The van der Waals surface area contributed by atoms with Crippen LogP contribution in [0.3, 0.4) is 0 Å². The topological polar surface area (TPSA) is 90.0 Å². The highest BCUT2D eigenvalue weighted by Crippen LogP contribution is 2.27. The van der Waals surface area contributed by atoms with E-state index in [9.17, 15) is 8.42 Å². The number of sulfonamides is 1. The van der Waals surface area contributed by atoms with Gasteiger partial charge >= 0.3 is 0 Å². The lowest BCUT2D eigenvalue weighted by Crippen LogP contribution is -2.24. The van der Waals surface area contributed by atoms with Crippen LogP contribution in [0, 0.1) is 6.92 Å². The maximum atomic E-state index is 12.4. The first-order chi connectivity index (χ1) is 9.83. The van der Waals surface area contributed by atoms with Gasteiger partial charge in [-0.25, -0.2) is 13.1 Å². The van der Waals surface area contributed by atoms with Crippen molar-refractivity contribution in [3.05, 3.63) is 45.7 Å². The molecule has 1 aromatic heterocycles. The molecular weight excluding hydrogens is 356 g/mol. The molecule has 0 spiro atoms. The summed E-state index contributed by atoms with van der Waals surface area (Å²) < 4.78 is 29.6. The highest BCUT2D eigenvalue weighted by molar-refractivity contribution is 9.10. The molecule has 21 heavy (non-hydrogen) atoms. The molecular formula is C13H17BrN4O2S. The van der Waals surface area contributed by atoms with E-state index in [0.29, 0.717) is 10.2 Å². The summed E-state index contributed by atoms with van der Waals surface area (Å²) >= 11 is 3.33. The molecule has 0 aliphatic heterocycles. The molecule has 1 aromatic carbocycles. The van der Waals surface area contributed by atoms with Crippen LogP contribution in [-0.2, 0) is 30.2 Å². The predicted octanol–water partition coefficient (Wildman–Crippen LogP) is 1.43. The van der Waals surface area contributed by atoms with Crippen molar-refractivity contribution in [2.24, 2.45) is 12.8 Å². The minimum Gasteiger partial charge on any atom is -0.326 e. The average Bonchev–Trinajstić information content (AvgIpc) is 2.85. The molecule has 2 rings (SSSR count). The summed E-state index contributed by atoms with van der Waals surface area (Å²) in [6, 6.07) is 5.21. The first kappa shape index (κ1) is 16.2. The molecule has 6 nitrogen and oxygen atoms in total. The number of aryl methyl sites for hydroxylation is 2. The van der Waals surface area contributed by atoms with E-state index in [2.05, 4.69) is 25.8 Å². The number of nitrogens with two attached hydrogens (primary N) is 1. The number of hydrogen-bond acceptors (Lipinski definition) is 4. The molecule has 0 atom stereocenters. The van der Waals surface area contributed by atoms with Gasteiger partial charge in [-0.1, -0.05) is 6.07 Å².